The van der Waals surface area contributed by atoms with Crippen LogP contribution in [0.15, 0.2) is 23.3 Å². The third-order valence-electron chi connectivity index (χ3n) is 5.01. The number of hydrogen-bond acceptors (Lipinski definition) is 5. The molecule has 0 aromatic rings. The van der Waals surface area contributed by atoms with E-state index in [4.69, 9.17) is 4.74 Å². The summed E-state index contributed by atoms with van der Waals surface area (Å²) in [5.74, 6) is -1.71. The number of ether oxygens (including phenoxy) is 1. The van der Waals surface area contributed by atoms with Crippen LogP contribution in [0.1, 0.15) is 54.4 Å². The lowest BCUT2D eigenvalue weighted by Crippen LogP contribution is -2.34. The second-order valence-corrected chi connectivity index (χ2v) is 7.37. The Labute approximate surface area is 150 Å². The first-order chi connectivity index (χ1) is 11.6. The first kappa shape index (κ1) is 21.6. The minimum absolute atomic E-state index is 0.0737. The number of carbonyl (C=O) groups is 2. The fourth-order valence-electron chi connectivity index (χ4n) is 3.24. The molecule has 0 radical (unpaired) electrons. The third kappa shape index (κ3) is 5.79. The van der Waals surface area contributed by atoms with Crippen molar-refractivity contribution < 1.29 is 24.5 Å². The molecule has 0 aromatic carbocycles. The number of allylic oxidation sites excluding steroid dienone is 1. The Morgan fingerprint density at radius 3 is 2.24 bits per heavy atom. The van der Waals surface area contributed by atoms with E-state index in [1.165, 1.54) is 6.08 Å². The number of rotatable bonds is 1. The predicted octanol–water partition coefficient (Wildman–Crippen LogP) is 2.80. The maximum Gasteiger partial charge on any atom is 0.311 e. The summed E-state index contributed by atoms with van der Waals surface area (Å²) in [6.45, 7) is 10.8. The Hall–Kier alpha value is -1.46. The SMILES string of the molecule is CC[C@@H]1OC(=O)[C@@H](C)[C@@H](O)/C(C)=C\C(=O)C[C@H](C)[C@@H](O)/C(C)=C\[C@@H]1C. The zero-order chi connectivity index (χ0) is 19.3. The van der Waals surface area contributed by atoms with E-state index in [1.807, 2.05) is 33.8 Å². The van der Waals surface area contributed by atoms with E-state index in [9.17, 15) is 19.8 Å². The maximum absolute atomic E-state index is 12.4. The van der Waals surface area contributed by atoms with Crippen LogP contribution >= 0.6 is 0 Å². The van der Waals surface area contributed by atoms with Crippen molar-refractivity contribution in [2.75, 3.05) is 0 Å². The number of ketones is 1. The van der Waals surface area contributed by atoms with Gasteiger partial charge in [-0.15, -0.1) is 0 Å². The summed E-state index contributed by atoms with van der Waals surface area (Å²) in [7, 11) is 0. The molecular weight excluding hydrogens is 320 g/mol. The van der Waals surface area contributed by atoms with Crippen molar-refractivity contribution in [2.45, 2.75) is 72.7 Å². The molecule has 0 amide bonds. The molecule has 6 atom stereocenters. The van der Waals surface area contributed by atoms with Crippen LogP contribution < -0.4 is 0 Å². The third-order valence-corrected chi connectivity index (χ3v) is 5.01. The highest BCUT2D eigenvalue weighted by Crippen LogP contribution is 2.24. The van der Waals surface area contributed by atoms with Crippen LogP contribution in [0, 0.1) is 17.8 Å². The van der Waals surface area contributed by atoms with Gasteiger partial charge in [-0.3, -0.25) is 9.59 Å². The van der Waals surface area contributed by atoms with Crippen LogP contribution in [-0.4, -0.2) is 40.3 Å². The summed E-state index contributed by atoms with van der Waals surface area (Å²) in [5, 5.41) is 20.8. The summed E-state index contributed by atoms with van der Waals surface area (Å²) in [4.78, 5) is 24.6. The fourth-order valence-corrected chi connectivity index (χ4v) is 3.24. The molecule has 0 aromatic heterocycles. The molecule has 1 aliphatic rings. The van der Waals surface area contributed by atoms with Crippen LogP contribution in [-0.2, 0) is 14.3 Å². The van der Waals surface area contributed by atoms with E-state index in [1.54, 1.807) is 13.8 Å². The highest BCUT2D eigenvalue weighted by atomic mass is 16.5. The summed E-state index contributed by atoms with van der Waals surface area (Å²) in [6.07, 6.45) is 1.96. The van der Waals surface area contributed by atoms with Gasteiger partial charge in [0.25, 0.3) is 0 Å². The number of aliphatic hydroxyl groups excluding tert-OH is 2. The Kier molecular flexibility index (Phi) is 8.03. The van der Waals surface area contributed by atoms with Crippen molar-refractivity contribution >= 4 is 11.8 Å². The normalized spacial score (nSPS) is 40.3. The summed E-state index contributed by atoms with van der Waals surface area (Å²) >= 11 is 0. The van der Waals surface area contributed by atoms with Crippen LogP contribution in [0.5, 0.6) is 0 Å². The van der Waals surface area contributed by atoms with Crippen molar-refractivity contribution in [3.8, 4) is 0 Å². The summed E-state index contributed by atoms with van der Waals surface area (Å²) < 4.78 is 5.59. The Balaban J connectivity index is 3.23. The molecule has 25 heavy (non-hydrogen) atoms. The molecule has 1 rings (SSSR count). The second kappa shape index (κ2) is 9.30. The van der Waals surface area contributed by atoms with Gasteiger partial charge in [-0.25, -0.2) is 0 Å². The van der Waals surface area contributed by atoms with Crippen LogP contribution in [0.4, 0.5) is 0 Å². The van der Waals surface area contributed by atoms with Crippen molar-refractivity contribution in [2.24, 2.45) is 17.8 Å². The fraction of sp³-hybridized carbons (Fsp3) is 0.700. The first-order valence-corrected chi connectivity index (χ1v) is 9.04. The molecule has 0 fully saturated rings. The van der Waals surface area contributed by atoms with Crippen molar-refractivity contribution in [3.05, 3.63) is 23.3 Å². The van der Waals surface area contributed by atoms with Gasteiger partial charge < -0.3 is 14.9 Å². The van der Waals surface area contributed by atoms with E-state index in [0.29, 0.717) is 12.0 Å². The molecule has 1 heterocycles. The zero-order valence-electron chi connectivity index (χ0n) is 16.2. The molecule has 0 saturated heterocycles. The number of esters is 1. The average Bonchev–Trinajstić information content (AvgIpc) is 2.55. The van der Waals surface area contributed by atoms with Gasteiger partial charge in [0.15, 0.2) is 5.78 Å². The second-order valence-electron chi connectivity index (χ2n) is 7.37. The summed E-state index contributed by atoms with van der Waals surface area (Å²) in [6, 6.07) is 0. The van der Waals surface area contributed by atoms with Gasteiger partial charge in [-0.2, -0.15) is 0 Å². The number of aliphatic hydroxyl groups is 2. The van der Waals surface area contributed by atoms with Gasteiger partial charge in [0.05, 0.1) is 18.1 Å². The Morgan fingerprint density at radius 1 is 1.08 bits per heavy atom. The molecule has 0 aliphatic carbocycles. The minimum Gasteiger partial charge on any atom is -0.461 e. The lowest BCUT2D eigenvalue weighted by Gasteiger charge is -2.27. The van der Waals surface area contributed by atoms with Crippen LogP contribution in [0.2, 0.25) is 0 Å². The Bertz CT molecular complexity index is 548. The molecule has 5 heteroatoms. The molecule has 0 unspecified atom stereocenters. The number of cyclic esters (lactones) is 1. The average molecular weight is 352 g/mol. The van der Waals surface area contributed by atoms with E-state index >= 15 is 0 Å². The molecular formula is C20H32O5. The molecule has 5 nitrogen and oxygen atoms in total. The van der Waals surface area contributed by atoms with E-state index in [-0.39, 0.29) is 30.1 Å². The molecule has 2 N–H and O–H groups in total. The van der Waals surface area contributed by atoms with Crippen LogP contribution in [0.25, 0.3) is 0 Å². The highest BCUT2D eigenvalue weighted by Gasteiger charge is 2.29. The van der Waals surface area contributed by atoms with E-state index in [0.717, 1.165) is 5.57 Å². The number of hydrogen-bond donors (Lipinski definition) is 2. The van der Waals surface area contributed by atoms with Gasteiger partial charge in [-0.05, 0) is 50.3 Å². The van der Waals surface area contributed by atoms with Gasteiger partial charge in [0.2, 0.25) is 0 Å². The molecule has 0 saturated carbocycles. The van der Waals surface area contributed by atoms with E-state index < -0.39 is 24.1 Å². The lowest BCUT2D eigenvalue weighted by atomic mass is 9.89. The molecule has 0 bridgehead atoms. The van der Waals surface area contributed by atoms with Gasteiger partial charge in [-0.1, -0.05) is 26.8 Å². The first-order valence-electron chi connectivity index (χ1n) is 9.04. The molecule has 142 valence electrons. The van der Waals surface area contributed by atoms with Gasteiger partial charge in [0.1, 0.15) is 6.10 Å². The number of carbonyl (C=O) groups excluding carboxylic acids is 2. The monoisotopic (exact) mass is 352 g/mol. The Morgan fingerprint density at radius 2 is 1.68 bits per heavy atom. The molecule has 0 spiro atoms. The van der Waals surface area contributed by atoms with Crippen LogP contribution in [0.3, 0.4) is 0 Å². The zero-order valence-corrected chi connectivity index (χ0v) is 16.2. The van der Waals surface area contributed by atoms with Crippen molar-refractivity contribution in [1.29, 1.82) is 0 Å². The predicted molar refractivity (Wildman–Crippen MR) is 96.8 cm³/mol. The standard InChI is InChI=1S/C20H32O5/c1-7-17-11(2)8-12(3)18(22)13(4)9-16(21)10-14(5)19(23)15(6)20(24)25-17/h8,10-11,13,15,17-19,22-23H,7,9H2,1-6H3/b12-8-,14-10-/t11-,13-,15-,17-,18-,19-/m0/s1. The maximum atomic E-state index is 12.4. The largest absolute Gasteiger partial charge is 0.461 e. The molecule has 1 aliphatic heterocycles. The van der Waals surface area contributed by atoms with Gasteiger partial charge >= 0.3 is 5.97 Å². The van der Waals surface area contributed by atoms with Gasteiger partial charge in [0, 0.05) is 12.3 Å². The van der Waals surface area contributed by atoms with Crippen molar-refractivity contribution in [1.82, 2.24) is 0 Å². The van der Waals surface area contributed by atoms with E-state index in [2.05, 4.69) is 0 Å². The summed E-state index contributed by atoms with van der Waals surface area (Å²) in [5.41, 5.74) is 1.20. The topological polar surface area (TPSA) is 83.8 Å². The quantitative estimate of drug-likeness (QED) is 0.560. The minimum atomic E-state index is -1.07. The smallest absolute Gasteiger partial charge is 0.311 e. The lowest BCUT2D eigenvalue weighted by molar-refractivity contribution is -0.158. The highest BCUT2D eigenvalue weighted by molar-refractivity contribution is 5.90. The van der Waals surface area contributed by atoms with Crippen molar-refractivity contribution in [3.63, 3.8) is 0 Å².